The third-order valence-corrected chi connectivity index (χ3v) is 4.76. The number of amides is 1. The van der Waals surface area contributed by atoms with Gasteiger partial charge < -0.3 is 25.1 Å². The lowest BCUT2D eigenvalue weighted by Crippen LogP contribution is -2.21. The van der Waals surface area contributed by atoms with Crippen LogP contribution >= 0.6 is 0 Å². The number of hydrogen-bond acceptors (Lipinski definition) is 7. The molecular weight excluding hydrogens is 497 g/mol. The van der Waals surface area contributed by atoms with Gasteiger partial charge in [-0.05, 0) is 49.1 Å². The zero-order valence-electron chi connectivity index (χ0n) is 20.4. The van der Waals surface area contributed by atoms with E-state index in [0.717, 1.165) is 0 Å². The van der Waals surface area contributed by atoms with Crippen LogP contribution < -0.4 is 19.9 Å². The third kappa shape index (κ3) is 7.56. The number of nitrogens with two attached hydrogens (primary N) is 1. The van der Waals surface area contributed by atoms with Crippen molar-refractivity contribution in [3.05, 3.63) is 59.4 Å². The number of methoxy groups -OCH3 is 2. The van der Waals surface area contributed by atoms with Gasteiger partial charge >= 0.3 is 12.1 Å². The van der Waals surface area contributed by atoms with Gasteiger partial charge in [0.05, 0.1) is 26.7 Å². The number of pyridine rings is 1. The van der Waals surface area contributed by atoms with Gasteiger partial charge in [0, 0.05) is 17.1 Å². The van der Waals surface area contributed by atoms with Crippen molar-refractivity contribution in [2.75, 3.05) is 14.2 Å². The Labute approximate surface area is 210 Å². The molecule has 3 N–H and O–H groups in total. The summed E-state index contributed by atoms with van der Waals surface area (Å²) in [6.45, 7) is 3.83. The number of carbonyl (C=O) groups is 3. The monoisotopic (exact) mass is 522 g/mol. The predicted octanol–water partition coefficient (Wildman–Crippen LogP) is 3.93. The lowest BCUT2D eigenvalue weighted by Gasteiger charge is -2.14. The highest BCUT2D eigenvalue weighted by atomic mass is 19.4. The summed E-state index contributed by atoms with van der Waals surface area (Å²) in [5, 5.41) is 8.32. The summed E-state index contributed by atoms with van der Waals surface area (Å²) in [5.41, 5.74) is 6.67. The molecule has 0 saturated heterocycles. The maximum absolute atomic E-state index is 13.3. The van der Waals surface area contributed by atoms with Crippen LogP contribution in [0.5, 0.6) is 17.2 Å². The van der Waals surface area contributed by atoms with E-state index >= 15 is 0 Å². The van der Waals surface area contributed by atoms with E-state index in [9.17, 15) is 22.8 Å². The lowest BCUT2D eigenvalue weighted by molar-refractivity contribution is -0.192. The number of ether oxygens (including phenoxy) is 3. The molecule has 0 aliphatic heterocycles. The Kier molecular flexibility index (Phi) is 9.42. The number of fused-ring (bicyclic) bond motifs is 1. The molecule has 1 heterocycles. The molecule has 0 aliphatic carbocycles. The quantitative estimate of drug-likeness (QED) is 0.425. The van der Waals surface area contributed by atoms with E-state index in [4.69, 9.17) is 29.8 Å². The Hall–Kier alpha value is -4.35. The smallest absolute Gasteiger partial charge is 0.490 e. The number of rotatable bonds is 8. The highest BCUT2D eigenvalue weighted by molar-refractivity contribution is 6.16. The van der Waals surface area contributed by atoms with Gasteiger partial charge in [-0.25, -0.2) is 4.79 Å². The number of aromatic nitrogens is 1. The van der Waals surface area contributed by atoms with Gasteiger partial charge in [-0.15, -0.1) is 0 Å². The van der Waals surface area contributed by atoms with Crippen molar-refractivity contribution in [2.45, 2.75) is 32.5 Å². The number of aliphatic carboxylic acids is 1. The first-order chi connectivity index (χ1) is 17.3. The first-order valence-electron chi connectivity index (χ1n) is 10.7. The summed E-state index contributed by atoms with van der Waals surface area (Å²) >= 11 is 0. The summed E-state index contributed by atoms with van der Waals surface area (Å²) < 4.78 is 48.2. The van der Waals surface area contributed by atoms with E-state index in [2.05, 4.69) is 4.98 Å². The van der Waals surface area contributed by atoms with Crippen LogP contribution in [0.3, 0.4) is 0 Å². The number of carboxylic acids is 1. The highest BCUT2D eigenvalue weighted by Crippen LogP contribution is 2.35. The van der Waals surface area contributed by atoms with Crippen molar-refractivity contribution in [3.8, 4) is 17.2 Å². The maximum atomic E-state index is 13.3. The molecule has 0 radical (unpaired) electrons. The fraction of sp³-hybridized carbons (Fsp3) is 0.280. The average molecular weight is 522 g/mol. The van der Waals surface area contributed by atoms with Gasteiger partial charge in [-0.2, -0.15) is 13.2 Å². The second-order valence-electron chi connectivity index (χ2n) is 7.85. The fourth-order valence-electron chi connectivity index (χ4n) is 3.25. The molecule has 0 spiro atoms. The SMILES string of the molecule is COc1cc2c(CC(N)=O)cnc(C(=O)c3cccc(OC(C)C)c3)c2cc1OC.O=C(O)C(F)(F)F. The summed E-state index contributed by atoms with van der Waals surface area (Å²) in [5.74, 6) is -1.99. The molecular formula is C25H25F3N2O7. The molecule has 0 fully saturated rings. The Morgan fingerprint density at radius 2 is 1.59 bits per heavy atom. The molecule has 1 amide bonds. The molecule has 0 unspecified atom stereocenters. The van der Waals surface area contributed by atoms with Crippen LogP contribution in [0.4, 0.5) is 13.2 Å². The van der Waals surface area contributed by atoms with E-state index in [1.807, 2.05) is 13.8 Å². The van der Waals surface area contributed by atoms with Crippen LogP contribution in [0.15, 0.2) is 42.6 Å². The lowest BCUT2D eigenvalue weighted by atomic mass is 9.97. The van der Waals surface area contributed by atoms with Crippen LogP contribution in [0.1, 0.15) is 35.5 Å². The average Bonchev–Trinajstić information content (AvgIpc) is 2.82. The van der Waals surface area contributed by atoms with Gasteiger partial charge in [0.25, 0.3) is 0 Å². The normalized spacial score (nSPS) is 10.9. The van der Waals surface area contributed by atoms with E-state index in [0.29, 0.717) is 39.1 Å². The number of hydrogen-bond donors (Lipinski definition) is 2. The number of carboxylic acid groups (broad SMARTS) is 1. The largest absolute Gasteiger partial charge is 0.493 e. The Morgan fingerprint density at radius 3 is 2.08 bits per heavy atom. The second kappa shape index (κ2) is 12.1. The zero-order valence-corrected chi connectivity index (χ0v) is 20.4. The minimum atomic E-state index is -5.08. The number of nitrogens with zero attached hydrogens (tertiary/aromatic N) is 1. The van der Waals surface area contributed by atoms with Gasteiger partial charge in [0.2, 0.25) is 11.7 Å². The second-order valence-corrected chi connectivity index (χ2v) is 7.85. The molecule has 0 aliphatic rings. The predicted molar refractivity (Wildman–Crippen MR) is 127 cm³/mol. The number of primary amides is 1. The molecule has 2 aromatic carbocycles. The van der Waals surface area contributed by atoms with Crippen LogP contribution in [0, 0.1) is 0 Å². The van der Waals surface area contributed by atoms with Crippen LogP contribution in [0.2, 0.25) is 0 Å². The highest BCUT2D eigenvalue weighted by Gasteiger charge is 2.38. The molecule has 198 valence electrons. The summed E-state index contributed by atoms with van der Waals surface area (Å²) in [7, 11) is 3.03. The topological polar surface area (TPSA) is 138 Å². The van der Waals surface area contributed by atoms with Crippen LogP contribution in [0.25, 0.3) is 10.8 Å². The minimum Gasteiger partial charge on any atom is -0.493 e. The molecule has 1 aromatic heterocycles. The van der Waals surface area contributed by atoms with Crippen LogP contribution in [-0.4, -0.2) is 54.3 Å². The summed E-state index contributed by atoms with van der Waals surface area (Å²) in [4.78, 5) is 38.1. The molecule has 0 atom stereocenters. The Balaban J connectivity index is 0.000000604. The minimum absolute atomic E-state index is 0.00876. The molecule has 0 bridgehead atoms. The van der Waals surface area contributed by atoms with Crippen molar-refractivity contribution < 1.29 is 46.9 Å². The van der Waals surface area contributed by atoms with Crippen molar-refractivity contribution in [1.29, 1.82) is 0 Å². The van der Waals surface area contributed by atoms with Crippen molar-refractivity contribution in [2.24, 2.45) is 5.73 Å². The van der Waals surface area contributed by atoms with Gasteiger partial charge in [0.1, 0.15) is 11.4 Å². The maximum Gasteiger partial charge on any atom is 0.490 e. The van der Waals surface area contributed by atoms with Crippen molar-refractivity contribution in [1.82, 2.24) is 4.98 Å². The fourth-order valence-corrected chi connectivity index (χ4v) is 3.25. The number of halogens is 3. The Morgan fingerprint density at radius 1 is 1.03 bits per heavy atom. The number of alkyl halides is 3. The molecule has 37 heavy (non-hydrogen) atoms. The van der Waals surface area contributed by atoms with Crippen molar-refractivity contribution >= 4 is 28.4 Å². The third-order valence-electron chi connectivity index (χ3n) is 4.76. The first kappa shape index (κ1) is 28.9. The molecule has 3 rings (SSSR count). The Bertz CT molecular complexity index is 1310. The van der Waals surface area contributed by atoms with E-state index in [1.165, 1.54) is 20.4 Å². The zero-order chi connectivity index (χ0) is 27.9. The molecule has 0 saturated carbocycles. The standard InChI is InChI=1S/C23H24N2O5.C2HF3O2/c1-13(2)30-16-7-5-6-14(8-16)23(27)22-18-11-20(29-4)19(28-3)10-17(18)15(12-25-22)9-21(24)26;3-2(4,5)1(6)7/h5-8,10-13H,9H2,1-4H3,(H2,24,26);(H,6,7). The van der Waals surface area contributed by atoms with E-state index < -0.39 is 18.1 Å². The summed E-state index contributed by atoms with van der Waals surface area (Å²) in [6, 6.07) is 10.4. The number of carbonyl (C=O) groups excluding carboxylic acids is 2. The van der Waals surface area contributed by atoms with E-state index in [1.54, 1.807) is 36.4 Å². The van der Waals surface area contributed by atoms with Crippen molar-refractivity contribution in [3.63, 3.8) is 0 Å². The van der Waals surface area contributed by atoms with Gasteiger partial charge in [0.15, 0.2) is 11.5 Å². The van der Waals surface area contributed by atoms with Gasteiger partial charge in [-0.1, -0.05) is 12.1 Å². The van der Waals surface area contributed by atoms with Crippen LogP contribution in [-0.2, 0) is 16.0 Å². The van der Waals surface area contributed by atoms with Gasteiger partial charge in [-0.3, -0.25) is 14.6 Å². The summed E-state index contributed by atoms with van der Waals surface area (Å²) in [6.07, 6.45) is -3.61. The van der Waals surface area contributed by atoms with E-state index in [-0.39, 0.29) is 24.0 Å². The molecule has 9 nitrogen and oxygen atoms in total. The number of benzene rings is 2. The molecule has 3 aromatic rings. The number of ketones is 1. The first-order valence-corrected chi connectivity index (χ1v) is 10.7. The molecule has 12 heteroatoms.